The summed E-state index contributed by atoms with van der Waals surface area (Å²) in [5.74, 6) is 1.44. The summed E-state index contributed by atoms with van der Waals surface area (Å²) in [5.41, 5.74) is 7.91. The number of imidazole rings is 1. The standard InChI is InChI=1S/C25H35FN4O/c1-3-17(2)23(27)25(31)30-13-12-29-16-21(19-10-7-11-20(26)15-19)28-24(29)22(30)14-18-8-5-4-6-9-18/h7,10-11,15-18,22-23H,3-6,8-9,12-14,27H2,1-2H3/t17-,22-,23-/m0/s1. The number of halogens is 1. The average molecular weight is 427 g/mol. The maximum Gasteiger partial charge on any atom is 0.240 e. The third-order valence-corrected chi connectivity index (χ3v) is 7.29. The molecule has 1 aromatic carbocycles. The van der Waals surface area contributed by atoms with E-state index in [2.05, 4.69) is 11.5 Å². The van der Waals surface area contributed by atoms with E-state index in [1.807, 2.05) is 24.1 Å². The molecule has 2 aliphatic rings. The molecule has 0 saturated heterocycles. The van der Waals surface area contributed by atoms with Gasteiger partial charge in [-0.05, 0) is 30.4 Å². The fourth-order valence-corrected chi connectivity index (χ4v) is 5.10. The summed E-state index contributed by atoms with van der Waals surface area (Å²) in [6.07, 6.45) is 10.1. The largest absolute Gasteiger partial charge is 0.331 e. The molecule has 0 bridgehead atoms. The van der Waals surface area contributed by atoms with Gasteiger partial charge in [-0.3, -0.25) is 4.79 Å². The van der Waals surface area contributed by atoms with Gasteiger partial charge in [0, 0.05) is 24.8 Å². The maximum atomic E-state index is 13.8. The van der Waals surface area contributed by atoms with E-state index in [-0.39, 0.29) is 23.7 Å². The number of amides is 1. The maximum absolute atomic E-state index is 13.8. The number of nitrogens with zero attached hydrogens (tertiary/aromatic N) is 3. The van der Waals surface area contributed by atoms with Gasteiger partial charge in [0.05, 0.1) is 17.8 Å². The third-order valence-electron chi connectivity index (χ3n) is 7.29. The molecule has 1 aliphatic carbocycles. The van der Waals surface area contributed by atoms with Crippen LogP contribution in [0.4, 0.5) is 4.39 Å². The first-order chi connectivity index (χ1) is 15.0. The van der Waals surface area contributed by atoms with Crippen LogP contribution in [-0.4, -0.2) is 32.9 Å². The number of hydrogen-bond acceptors (Lipinski definition) is 3. The molecule has 1 aliphatic heterocycles. The first kappa shape index (κ1) is 22.0. The Labute approximate surface area is 184 Å². The van der Waals surface area contributed by atoms with Crippen LogP contribution < -0.4 is 5.73 Å². The van der Waals surface area contributed by atoms with E-state index in [0.717, 1.165) is 29.9 Å². The molecule has 1 amide bonds. The van der Waals surface area contributed by atoms with Crippen molar-refractivity contribution in [1.82, 2.24) is 14.5 Å². The number of hydrogen-bond donors (Lipinski definition) is 1. The molecular formula is C25H35FN4O. The van der Waals surface area contributed by atoms with Crippen molar-refractivity contribution in [2.24, 2.45) is 17.6 Å². The molecule has 1 saturated carbocycles. The van der Waals surface area contributed by atoms with Gasteiger partial charge >= 0.3 is 0 Å². The van der Waals surface area contributed by atoms with E-state index >= 15 is 0 Å². The van der Waals surface area contributed by atoms with E-state index < -0.39 is 6.04 Å². The van der Waals surface area contributed by atoms with Crippen molar-refractivity contribution in [1.29, 1.82) is 0 Å². The molecule has 2 aromatic rings. The van der Waals surface area contributed by atoms with Crippen LogP contribution in [0.5, 0.6) is 0 Å². The lowest BCUT2D eigenvalue weighted by atomic mass is 9.83. The first-order valence-electron chi connectivity index (χ1n) is 11.9. The third kappa shape index (κ3) is 4.69. The molecule has 2 heterocycles. The van der Waals surface area contributed by atoms with Gasteiger partial charge in [-0.15, -0.1) is 0 Å². The summed E-state index contributed by atoms with van der Waals surface area (Å²) in [7, 11) is 0. The van der Waals surface area contributed by atoms with Crippen LogP contribution in [0.3, 0.4) is 0 Å². The Morgan fingerprint density at radius 1 is 1.26 bits per heavy atom. The van der Waals surface area contributed by atoms with Crippen LogP contribution >= 0.6 is 0 Å². The second-order valence-corrected chi connectivity index (χ2v) is 9.39. The highest BCUT2D eigenvalue weighted by Gasteiger charge is 2.37. The molecule has 0 radical (unpaired) electrons. The highest BCUT2D eigenvalue weighted by molar-refractivity contribution is 5.82. The van der Waals surface area contributed by atoms with E-state index in [4.69, 9.17) is 10.7 Å². The van der Waals surface area contributed by atoms with Crippen LogP contribution in [0.1, 0.15) is 70.7 Å². The predicted octanol–water partition coefficient (Wildman–Crippen LogP) is 4.92. The lowest BCUT2D eigenvalue weighted by Crippen LogP contribution is -2.51. The number of fused-ring (bicyclic) bond motifs is 1. The van der Waals surface area contributed by atoms with Crippen molar-refractivity contribution in [3.8, 4) is 11.3 Å². The van der Waals surface area contributed by atoms with E-state index in [9.17, 15) is 9.18 Å². The molecule has 2 N–H and O–H groups in total. The minimum atomic E-state index is -0.483. The molecule has 1 fully saturated rings. The number of carbonyl (C=O) groups excluding carboxylic acids is 1. The van der Waals surface area contributed by atoms with Crippen molar-refractivity contribution < 1.29 is 9.18 Å². The van der Waals surface area contributed by atoms with Crippen LogP contribution in [-0.2, 0) is 11.3 Å². The highest BCUT2D eigenvalue weighted by Crippen LogP contribution is 2.38. The van der Waals surface area contributed by atoms with Crippen molar-refractivity contribution in [2.45, 2.75) is 77.4 Å². The molecule has 0 unspecified atom stereocenters. The summed E-state index contributed by atoms with van der Waals surface area (Å²) in [6.45, 7) is 5.46. The van der Waals surface area contributed by atoms with Crippen LogP contribution in [0.2, 0.25) is 0 Å². The number of benzene rings is 1. The number of carbonyl (C=O) groups is 1. The highest BCUT2D eigenvalue weighted by atomic mass is 19.1. The lowest BCUT2D eigenvalue weighted by Gasteiger charge is -2.40. The first-order valence-corrected chi connectivity index (χ1v) is 11.9. The normalized spacial score (nSPS) is 21.5. The molecule has 4 rings (SSSR count). The molecule has 1 aromatic heterocycles. The number of aromatic nitrogens is 2. The Morgan fingerprint density at radius 2 is 2.03 bits per heavy atom. The Balaban J connectivity index is 1.66. The molecule has 3 atom stereocenters. The fourth-order valence-electron chi connectivity index (χ4n) is 5.10. The monoisotopic (exact) mass is 426 g/mol. The molecule has 0 spiro atoms. The van der Waals surface area contributed by atoms with E-state index in [1.54, 1.807) is 6.07 Å². The van der Waals surface area contributed by atoms with Gasteiger partial charge in [0.2, 0.25) is 5.91 Å². The smallest absolute Gasteiger partial charge is 0.240 e. The van der Waals surface area contributed by atoms with Crippen LogP contribution in [0, 0.1) is 17.7 Å². The van der Waals surface area contributed by atoms with E-state index in [1.165, 1.54) is 44.2 Å². The summed E-state index contributed by atoms with van der Waals surface area (Å²) in [5, 5.41) is 0. The van der Waals surface area contributed by atoms with Crippen molar-refractivity contribution in [2.75, 3.05) is 6.54 Å². The molecule has 5 nitrogen and oxygen atoms in total. The average Bonchev–Trinajstić information content (AvgIpc) is 3.23. The van der Waals surface area contributed by atoms with Crippen LogP contribution in [0.25, 0.3) is 11.3 Å². The zero-order valence-electron chi connectivity index (χ0n) is 18.8. The topological polar surface area (TPSA) is 64.2 Å². The molecule has 31 heavy (non-hydrogen) atoms. The van der Waals surface area contributed by atoms with Crippen molar-refractivity contribution in [3.63, 3.8) is 0 Å². The molecule has 6 heteroatoms. The quantitative estimate of drug-likeness (QED) is 0.713. The zero-order valence-corrected chi connectivity index (χ0v) is 18.8. The van der Waals surface area contributed by atoms with E-state index in [0.29, 0.717) is 19.0 Å². The summed E-state index contributed by atoms with van der Waals surface area (Å²) >= 11 is 0. The second-order valence-electron chi connectivity index (χ2n) is 9.39. The number of nitrogens with two attached hydrogens (primary N) is 1. The summed E-state index contributed by atoms with van der Waals surface area (Å²) in [4.78, 5) is 20.3. The Morgan fingerprint density at radius 3 is 2.74 bits per heavy atom. The van der Waals surface area contributed by atoms with Gasteiger partial charge in [0.1, 0.15) is 11.6 Å². The van der Waals surface area contributed by atoms with Gasteiger partial charge in [0.15, 0.2) is 0 Å². The fraction of sp³-hybridized carbons (Fsp3) is 0.600. The van der Waals surface area contributed by atoms with Crippen molar-refractivity contribution >= 4 is 5.91 Å². The second kappa shape index (κ2) is 9.51. The zero-order chi connectivity index (χ0) is 22.0. The van der Waals surface area contributed by atoms with Crippen LogP contribution in [0.15, 0.2) is 30.5 Å². The minimum Gasteiger partial charge on any atom is -0.331 e. The Hall–Kier alpha value is -2.21. The van der Waals surface area contributed by atoms with Gasteiger partial charge < -0.3 is 15.2 Å². The molecular weight excluding hydrogens is 391 g/mol. The number of rotatable bonds is 6. The summed E-state index contributed by atoms with van der Waals surface area (Å²) in [6, 6.07) is 6.01. The van der Waals surface area contributed by atoms with Gasteiger partial charge in [-0.2, -0.15) is 0 Å². The summed E-state index contributed by atoms with van der Waals surface area (Å²) < 4.78 is 15.9. The van der Waals surface area contributed by atoms with Gasteiger partial charge in [0.25, 0.3) is 0 Å². The Kier molecular flexibility index (Phi) is 6.75. The van der Waals surface area contributed by atoms with Crippen molar-refractivity contribution in [3.05, 3.63) is 42.1 Å². The van der Waals surface area contributed by atoms with Gasteiger partial charge in [-0.1, -0.05) is 64.5 Å². The minimum absolute atomic E-state index is 0.0386. The SMILES string of the molecule is CC[C@H](C)[C@H](N)C(=O)N1CCn2cc(-c3cccc(F)c3)nc2[C@@H]1CC1CCCCC1. The Bertz CT molecular complexity index is 905. The van der Waals surface area contributed by atoms with Gasteiger partial charge in [-0.25, -0.2) is 9.37 Å². The lowest BCUT2D eigenvalue weighted by molar-refractivity contribution is -0.138. The predicted molar refractivity (Wildman–Crippen MR) is 121 cm³/mol. The molecule has 168 valence electrons.